The Morgan fingerprint density at radius 2 is 1.80 bits per heavy atom. The molecule has 0 spiro atoms. The van der Waals surface area contributed by atoms with E-state index in [-0.39, 0.29) is 36.6 Å². The number of nitrogens with zero attached hydrogens (tertiary/aromatic N) is 2. The topological polar surface area (TPSA) is 96.4 Å². The Bertz CT molecular complexity index is 1070. The van der Waals surface area contributed by atoms with Gasteiger partial charge in [-0.1, -0.05) is 43.2 Å². The third kappa shape index (κ3) is 6.34. The van der Waals surface area contributed by atoms with E-state index < -0.39 is 22.2 Å². The highest BCUT2D eigenvalue weighted by molar-refractivity contribution is 7.89. The lowest BCUT2D eigenvalue weighted by Gasteiger charge is -2.30. The molecular formula is C26H34N2O6S. The van der Waals surface area contributed by atoms with Crippen LogP contribution in [0.25, 0.3) is 0 Å². The highest BCUT2D eigenvalue weighted by Crippen LogP contribution is 2.29. The van der Waals surface area contributed by atoms with Gasteiger partial charge in [-0.2, -0.15) is 4.31 Å². The number of carbonyl (C=O) groups excluding carboxylic acids is 1. The third-order valence-corrected chi connectivity index (χ3v) is 8.69. The largest absolute Gasteiger partial charge is 0.497 e. The van der Waals surface area contributed by atoms with Crippen LogP contribution in [0.5, 0.6) is 5.75 Å². The summed E-state index contributed by atoms with van der Waals surface area (Å²) >= 11 is 0. The van der Waals surface area contributed by atoms with E-state index >= 15 is 0 Å². The maximum Gasteiger partial charge on any atom is 0.410 e. The molecule has 35 heavy (non-hydrogen) atoms. The van der Waals surface area contributed by atoms with Crippen molar-refractivity contribution in [1.82, 2.24) is 9.21 Å². The SMILES string of the molecule is COc1ccc(S(=O)(=O)N(CC(O)CN2C(=O)OC[C@@H]2Cc2ccccc2)CC2CCCC2)cc1. The van der Waals surface area contributed by atoms with Crippen molar-refractivity contribution in [3.8, 4) is 5.75 Å². The van der Waals surface area contributed by atoms with Gasteiger partial charge in [0, 0.05) is 13.1 Å². The molecule has 1 N–H and O–H groups in total. The number of carbonyl (C=O) groups is 1. The highest BCUT2D eigenvalue weighted by atomic mass is 32.2. The molecule has 2 aromatic rings. The van der Waals surface area contributed by atoms with Crippen LogP contribution >= 0.6 is 0 Å². The van der Waals surface area contributed by atoms with Gasteiger partial charge in [-0.25, -0.2) is 13.2 Å². The molecule has 1 heterocycles. The normalized spacial score (nSPS) is 19.8. The molecule has 1 aliphatic carbocycles. The molecule has 4 rings (SSSR count). The fourth-order valence-corrected chi connectivity index (χ4v) is 6.49. The van der Waals surface area contributed by atoms with Gasteiger partial charge in [-0.3, -0.25) is 4.90 Å². The standard InChI is InChI=1S/C26H34N2O6S/c1-33-24-11-13-25(14-12-24)35(31,32)27(16-21-9-5-6-10-21)17-23(29)18-28-22(19-34-26(28)30)15-20-7-3-2-4-8-20/h2-4,7-8,11-14,21-23,29H,5-6,9-10,15-19H2,1H3/t22-,23?/m0/s1. The minimum absolute atomic E-state index is 0.00956. The Hall–Kier alpha value is -2.62. The maximum atomic E-state index is 13.5. The van der Waals surface area contributed by atoms with Crippen LogP contribution in [0.15, 0.2) is 59.5 Å². The number of sulfonamides is 1. The number of ether oxygens (including phenoxy) is 2. The van der Waals surface area contributed by atoms with E-state index in [9.17, 15) is 18.3 Å². The molecule has 1 saturated carbocycles. The van der Waals surface area contributed by atoms with Gasteiger partial charge in [0.05, 0.1) is 30.7 Å². The first kappa shape index (κ1) is 25.5. The molecule has 1 amide bonds. The van der Waals surface area contributed by atoms with Crippen LogP contribution in [0.1, 0.15) is 31.2 Å². The van der Waals surface area contributed by atoms with Crippen LogP contribution in [0, 0.1) is 5.92 Å². The number of benzene rings is 2. The van der Waals surface area contributed by atoms with Crippen molar-refractivity contribution in [2.24, 2.45) is 5.92 Å². The average molecular weight is 503 g/mol. The quantitative estimate of drug-likeness (QED) is 0.507. The maximum absolute atomic E-state index is 13.5. The van der Waals surface area contributed by atoms with Crippen LogP contribution < -0.4 is 4.74 Å². The molecule has 9 heteroatoms. The molecule has 0 radical (unpaired) electrons. The molecule has 2 aliphatic rings. The first-order valence-electron chi connectivity index (χ1n) is 12.2. The minimum atomic E-state index is -3.83. The Balaban J connectivity index is 1.47. The first-order valence-corrected chi connectivity index (χ1v) is 13.6. The third-order valence-electron chi connectivity index (χ3n) is 6.84. The van der Waals surface area contributed by atoms with Crippen LogP contribution in [0.4, 0.5) is 4.79 Å². The summed E-state index contributed by atoms with van der Waals surface area (Å²) in [7, 11) is -2.31. The second kappa shape index (κ2) is 11.4. The van der Waals surface area contributed by atoms with Gasteiger partial charge in [0.2, 0.25) is 10.0 Å². The van der Waals surface area contributed by atoms with E-state index in [0.717, 1.165) is 31.2 Å². The van der Waals surface area contributed by atoms with Gasteiger partial charge < -0.3 is 14.6 Å². The van der Waals surface area contributed by atoms with Gasteiger partial charge in [0.1, 0.15) is 12.4 Å². The number of rotatable bonds is 11. The lowest BCUT2D eigenvalue weighted by atomic mass is 10.1. The zero-order chi connectivity index (χ0) is 24.8. The second-order valence-electron chi connectivity index (χ2n) is 9.37. The summed E-state index contributed by atoms with van der Waals surface area (Å²) in [6.07, 6.45) is 3.20. The van der Waals surface area contributed by atoms with Crippen LogP contribution in [-0.4, -0.2) is 74.3 Å². The molecular weight excluding hydrogens is 468 g/mol. The number of methoxy groups -OCH3 is 1. The molecule has 1 saturated heterocycles. The monoisotopic (exact) mass is 502 g/mol. The van der Waals surface area contributed by atoms with E-state index in [2.05, 4.69) is 0 Å². The molecule has 1 unspecified atom stereocenters. The van der Waals surface area contributed by atoms with Gasteiger partial charge in [0.25, 0.3) is 0 Å². The average Bonchev–Trinajstić information content (AvgIpc) is 3.50. The molecule has 1 aliphatic heterocycles. The molecule has 2 fully saturated rings. The predicted molar refractivity (Wildman–Crippen MR) is 132 cm³/mol. The Kier molecular flexibility index (Phi) is 8.30. The van der Waals surface area contributed by atoms with Crippen molar-refractivity contribution in [1.29, 1.82) is 0 Å². The number of β-amino-alcohol motifs (C(OH)–C–C–N with tert-alkyl or cyclic N) is 1. The van der Waals surface area contributed by atoms with Crippen LogP contribution in [0.2, 0.25) is 0 Å². The number of hydrogen-bond donors (Lipinski definition) is 1. The van der Waals surface area contributed by atoms with Crippen molar-refractivity contribution in [3.63, 3.8) is 0 Å². The van der Waals surface area contributed by atoms with Crippen LogP contribution in [0.3, 0.4) is 0 Å². The second-order valence-corrected chi connectivity index (χ2v) is 11.3. The molecule has 0 aromatic heterocycles. The Morgan fingerprint density at radius 3 is 2.46 bits per heavy atom. The summed E-state index contributed by atoms with van der Waals surface area (Å²) < 4.78 is 38.8. The van der Waals surface area contributed by atoms with Crippen molar-refractivity contribution >= 4 is 16.1 Å². The molecule has 2 atom stereocenters. The van der Waals surface area contributed by atoms with Crippen molar-refractivity contribution in [2.45, 2.75) is 49.1 Å². The van der Waals surface area contributed by atoms with E-state index in [4.69, 9.17) is 9.47 Å². The van der Waals surface area contributed by atoms with Crippen molar-refractivity contribution < 1.29 is 27.8 Å². The summed E-state index contributed by atoms with van der Waals surface area (Å²) in [5, 5.41) is 11.0. The lowest BCUT2D eigenvalue weighted by molar-refractivity contribution is 0.0929. The smallest absolute Gasteiger partial charge is 0.410 e. The number of cyclic esters (lactones) is 1. The highest BCUT2D eigenvalue weighted by Gasteiger charge is 2.36. The summed E-state index contributed by atoms with van der Waals surface area (Å²) in [6, 6.07) is 15.9. The number of aliphatic hydroxyl groups is 1. The van der Waals surface area contributed by atoms with Crippen molar-refractivity contribution in [2.75, 3.05) is 33.4 Å². The molecule has 2 aromatic carbocycles. The van der Waals surface area contributed by atoms with Gasteiger partial charge in [-0.05, 0) is 55.0 Å². The first-order chi connectivity index (χ1) is 16.9. The molecule has 8 nitrogen and oxygen atoms in total. The summed E-state index contributed by atoms with van der Waals surface area (Å²) in [6.45, 7) is 0.516. The number of hydrogen-bond acceptors (Lipinski definition) is 6. The number of amides is 1. The summed E-state index contributed by atoms with van der Waals surface area (Å²) in [5.41, 5.74) is 1.07. The minimum Gasteiger partial charge on any atom is -0.497 e. The zero-order valence-electron chi connectivity index (χ0n) is 20.1. The van der Waals surface area contributed by atoms with E-state index in [1.54, 1.807) is 12.1 Å². The summed E-state index contributed by atoms with van der Waals surface area (Å²) in [5.74, 6) is 0.834. The van der Waals surface area contributed by atoms with E-state index in [1.165, 1.54) is 28.4 Å². The fraction of sp³-hybridized carbons (Fsp3) is 0.500. The summed E-state index contributed by atoms with van der Waals surface area (Å²) in [4.78, 5) is 14.1. The van der Waals surface area contributed by atoms with Gasteiger partial charge in [-0.15, -0.1) is 0 Å². The zero-order valence-corrected chi connectivity index (χ0v) is 20.9. The van der Waals surface area contributed by atoms with Gasteiger partial charge in [0.15, 0.2) is 0 Å². The van der Waals surface area contributed by atoms with Gasteiger partial charge >= 0.3 is 6.09 Å². The fourth-order valence-electron chi connectivity index (χ4n) is 4.94. The molecule has 0 bridgehead atoms. The Labute approximate surface area is 207 Å². The predicted octanol–water partition coefficient (Wildman–Crippen LogP) is 3.30. The lowest BCUT2D eigenvalue weighted by Crippen LogP contribution is -2.46. The Morgan fingerprint density at radius 1 is 1.11 bits per heavy atom. The molecule has 190 valence electrons. The number of aliphatic hydroxyl groups excluding tert-OH is 1. The van der Waals surface area contributed by atoms with E-state index in [0.29, 0.717) is 18.7 Å². The van der Waals surface area contributed by atoms with Crippen LogP contribution in [-0.2, 0) is 21.2 Å². The van der Waals surface area contributed by atoms with Crippen molar-refractivity contribution in [3.05, 3.63) is 60.2 Å². The van der Waals surface area contributed by atoms with E-state index in [1.807, 2.05) is 30.3 Å².